The Morgan fingerprint density at radius 3 is 2.86 bits per heavy atom. The van der Waals surface area contributed by atoms with E-state index in [1.807, 2.05) is 19.2 Å². The first-order valence-electron chi connectivity index (χ1n) is 5.25. The van der Waals surface area contributed by atoms with Crippen molar-refractivity contribution in [1.29, 1.82) is 0 Å². The molecule has 2 unspecified atom stereocenters. The Balaban J connectivity index is 2.30. The first kappa shape index (κ1) is 9.66. The Labute approximate surface area is 85.0 Å². The number of nitrogens with zero attached hydrogens (tertiary/aromatic N) is 1. The van der Waals surface area contributed by atoms with Crippen molar-refractivity contribution in [3.05, 3.63) is 29.6 Å². The quantitative estimate of drug-likeness (QED) is 0.739. The molecule has 2 heteroatoms. The average molecular weight is 191 g/mol. The molecule has 2 atom stereocenters. The minimum Gasteiger partial charge on any atom is -0.385 e. The van der Waals surface area contributed by atoms with Gasteiger partial charge in [-0.15, -0.1) is 0 Å². The minimum absolute atomic E-state index is 0.613. The molecule has 1 aliphatic carbocycles. The monoisotopic (exact) mass is 191 g/mol. The highest BCUT2D eigenvalue weighted by molar-refractivity contribution is 5.24. The third-order valence-corrected chi connectivity index (χ3v) is 3.15. The summed E-state index contributed by atoms with van der Waals surface area (Å²) < 4.78 is 0. The molecule has 0 spiro atoms. The lowest BCUT2D eigenvalue weighted by Crippen LogP contribution is -2.21. The van der Waals surface area contributed by atoms with E-state index >= 15 is 0 Å². The van der Waals surface area contributed by atoms with E-state index in [9.17, 15) is 5.11 Å². The van der Waals surface area contributed by atoms with Crippen LogP contribution in [-0.4, -0.2) is 10.1 Å². The molecule has 1 fully saturated rings. The van der Waals surface area contributed by atoms with Gasteiger partial charge in [0.2, 0.25) is 0 Å². The molecule has 1 aromatic rings. The normalized spacial score (nSPS) is 32.1. The van der Waals surface area contributed by atoms with Gasteiger partial charge in [-0.2, -0.15) is 0 Å². The molecule has 76 valence electrons. The zero-order valence-electron chi connectivity index (χ0n) is 8.83. The molecule has 1 N–H and O–H groups in total. The lowest BCUT2D eigenvalue weighted by Gasteiger charge is -2.22. The highest BCUT2D eigenvalue weighted by atomic mass is 16.3. The first-order chi connectivity index (χ1) is 6.60. The van der Waals surface area contributed by atoms with Crippen molar-refractivity contribution < 1.29 is 5.11 Å². The van der Waals surface area contributed by atoms with Crippen LogP contribution in [0.4, 0.5) is 0 Å². The molecule has 0 bridgehead atoms. The summed E-state index contributed by atoms with van der Waals surface area (Å²) in [4.78, 5) is 4.14. The van der Waals surface area contributed by atoms with Gasteiger partial charge >= 0.3 is 0 Å². The molecule has 2 nitrogen and oxygen atoms in total. The zero-order valence-corrected chi connectivity index (χ0v) is 8.83. The number of aromatic nitrogens is 1. The summed E-state index contributed by atoms with van der Waals surface area (Å²) in [7, 11) is 0. The Morgan fingerprint density at radius 1 is 1.50 bits per heavy atom. The Morgan fingerprint density at radius 2 is 2.29 bits per heavy atom. The molecule has 1 aromatic heterocycles. The second-order valence-corrected chi connectivity index (χ2v) is 4.63. The van der Waals surface area contributed by atoms with E-state index in [0.717, 1.165) is 30.4 Å². The summed E-state index contributed by atoms with van der Waals surface area (Å²) in [6.45, 7) is 4.21. The van der Waals surface area contributed by atoms with Crippen LogP contribution in [0.15, 0.2) is 18.5 Å². The number of aryl methyl sites for hydroxylation is 1. The minimum atomic E-state index is -0.613. The summed E-state index contributed by atoms with van der Waals surface area (Å²) in [6.07, 6.45) is 6.48. The van der Waals surface area contributed by atoms with Crippen molar-refractivity contribution in [2.24, 2.45) is 5.92 Å². The van der Waals surface area contributed by atoms with Crippen molar-refractivity contribution in [3.8, 4) is 0 Å². The van der Waals surface area contributed by atoms with Gasteiger partial charge in [0, 0.05) is 18.0 Å². The Hall–Kier alpha value is -0.890. The van der Waals surface area contributed by atoms with Crippen LogP contribution >= 0.6 is 0 Å². The van der Waals surface area contributed by atoms with E-state index < -0.39 is 5.60 Å². The van der Waals surface area contributed by atoms with Gasteiger partial charge in [-0.05, 0) is 37.7 Å². The van der Waals surface area contributed by atoms with Crippen molar-refractivity contribution in [3.63, 3.8) is 0 Å². The zero-order chi connectivity index (χ0) is 10.2. The van der Waals surface area contributed by atoms with Gasteiger partial charge in [-0.3, -0.25) is 4.98 Å². The van der Waals surface area contributed by atoms with Gasteiger partial charge in [0.05, 0.1) is 5.60 Å². The summed E-state index contributed by atoms with van der Waals surface area (Å²) >= 11 is 0. The van der Waals surface area contributed by atoms with Crippen molar-refractivity contribution >= 4 is 0 Å². The fourth-order valence-electron chi connectivity index (χ4n) is 2.34. The molecular weight excluding hydrogens is 174 g/mol. The Bertz CT molecular complexity index is 337. The molecule has 2 rings (SSSR count). The summed E-state index contributed by atoms with van der Waals surface area (Å²) in [5, 5.41) is 10.4. The number of hydrogen-bond acceptors (Lipinski definition) is 2. The van der Waals surface area contributed by atoms with E-state index in [4.69, 9.17) is 0 Å². The Kier molecular flexibility index (Phi) is 2.31. The molecule has 0 aromatic carbocycles. The largest absolute Gasteiger partial charge is 0.385 e. The van der Waals surface area contributed by atoms with Gasteiger partial charge in [-0.1, -0.05) is 13.0 Å². The third kappa shape index (κ3) is 1.67. The van der Waals surface area contributed by atoms with Crippen LogP contribution in [0.5, 0.6) is 0 Å². The van der Waals surface area contributed by atoms with E-state index in [0.29, 0.717) is 5.92 Å². The van der Waals surface area contributed by atoms with Crippen molar-refractivity contribution in [2.45, 2.75) is 38.7 Å². The molecule has 0 radical (unpaired) electrons. The van der Waals surface area contributed by atoms with Crippen LogP contribution in [0.1, 0.15) is 37.3 Å². The van der Waals surface area contributed by atoms with Crippen LogP contribution in [-0.2, 0) is 5.60 Å². The predicted molar refractivity (Wildman–Crippen MR) is 55.9 cm³/mol. The molecule has 1 aliphatic rings. The fraction of sp³-hybridized carbons (Fsp3) is 0.583. The van der Waals surface area contributed by atoms with Crippen LogP contribution < -0.4 is 0 Å². The van der Waals surface area contributed by atoms with Crippen LogP contribution in [0.25, 0.3) is 0 Å². The van der Waals surface area contributed by atoms with Gasteiger partial charge in [0.1, 0.15) is 0 Å². The topological polar surface area (TPSA) is 33.1 Å². The first-order valence-corrected chi connectivity index (χ1v) is 5.25. The number of rotatable bonds is 1. The van der Waals surface area contributed by atoms with Gasteiger partial charge in [-0.25, -0.2) is 0 Å². The van der Waals surface area contributed by atoms with Crippen LogP contribution in [0.3, 0.4) is 0 Å². The van der Waals surface area contributed by atoms with E-state index in [1.165, 1.54) is 0 Å². The van der Waals surface area contributed by atoms with Crippen molar-refractivity contribution in [2.75, 3.05) is 0 Å². The van der Waals surface area contributed by atoms with Crippen molar-refractivity contribution in [1.82, 2.24) is 4.98 Å². The number of pyridine rings is 1. The molecule has 0 aliphatic heterocycles. The lowest BCUT2D eigenvalue weighted by molar-refractivity contribution is 0.0404. The van der Waals surface area contributed by atoms with Gasteiger partial charge < -0.3 is 5.11 Å². The fourth-order valence-corrected chi connectivity index (χ4v) is 2.34. The maximum absolute atomic E-state index is 10.4. The van der Waals surface area contributed by atoms with Crippen LogP contribution in [0.2, 0.25) is 0 Å². The summed E-state index contributed by atoms with van der Waals surface area (Å²) in [5.74, 6) is 0.625. The number of hydrogen-bond donors (Lipinski definition) is 1. The molecule has 14 heavy (non-hydrogen) atoms. The number of aliphatic hydroxyl groups is 1. The highest BCUT2D eigenvalue weighted by Crippen LogP contribution is 2.41. The van der Waals surface area contributed by atoms with Gasteiger partial charge in [0.15, 0.2) is 0 Å². The van der Waals surface area contributed by atoms with Gasteiger partial charge in [0.25, 0.3) is 0 Å². The van der Waals surface area contributed by atoms with E-state index in [2.05, 4.69) is 11.9 Å². The maximum Gasteiger partial charge on any atom is 0.0914 e. The smallest absolute Gasteiger partial charge is 0.0914 e. The van der Waals surface area contributed by atoms with E-state index in [-0.39, 0.29) is 0 Å². The summed E-state index contributed by atoms with van der Waals surface area (Å²) in [6, 6.07) is 2.05. The average Bonchev–Trinajstić information content (AvgIpc) is 2.48. The van der Waals surface area contributed by atoms with E-state index in [1.54, 1.807) is 6.20 Å². The highest BCUT2D eigenvalue weighted by Gasteiger charge is 2.36. The standard InChI is InChI=1S/C12H17NO/c1-9-3-4-12(14,6-9)11-5-10(2)7-13-8-11/h5,7-9,14H,3-4,6H2,1-2H3. The summed E-state index contributed by atoms with van der Waals surface area (Å²) in [5.41, 5.74) is 1.50. The molecule has 1 heterocycles. The second-order valence-electron chi connectivity index (χ2n) is 4.63. The molecular formula is C12H17NO. The van der Waals surface area contributed by atoms with Crippen LogP contribution in [0, 0.1) is 12.8 Å². The molecule has 0 saturated heterocycles. The lowest BCUT2D eigenvalue weighted by atomic mass is 9.92. The maximum atomic E-state index is 10.4. The molecule has 0 amide bonds. The second kappa shape index (κ2) is 3.35. The molecule has 1 saturated carbocycles. The SMILES string of the molecule is Cc1cncc(C2(O)CCC(C)C2)c1. The third-order valence-electron chi connectivity index (χ3n) is 3.15. The predicted octanol–water partition coefficient (Wildman–Crippen LogP) is 2.40.